The van der Waals surface area contributed by atoms with Gasteiger partial charge in [-0.15, -0.1) is 0 Å². The monoisotopic (exact) mass is 409 g/mol. The van der Waals surface area contributed by atoms with Gasteiger partial charge in [-0.2, -0.15) is 0 Å². The van der Waals surface area contributed by atoms with Crippen molar-refractivity contribution < 1.29 is 19.5 Å². The summed E-state index contributed by atoms with van der Waals surface area (Å²) in [6.07, 6.45) is 4.45. The van der Waals surface area contributed by atoms with Gasteiger partial charge >= 0.3 is 5.97 Å². The lowest BCUT2D eigenvalue weighted by molar-refractivity contribution is -0.134. The minimum absolute atomic E-state index is 0.0199. The van der Waals surface area contributed by atoms with E-state index in [0.29, 0.717) is 0 Å². The quantitative estimate of drug-likeness (QED) is 0.508. The Morgan fingerprint density at radius 1 is 1.00 bits per heavy atom. The minimum atomic E-state index is -1.01. The van der Waals surface area contributed by atoms with Crippen molar-refractivity contribution in [1.29, 1.82) is 0 Å². The Morgan fingerprint density at radius 2 is 1.62 bits per heavy atom. The van der Waals surface area contributed by atoms with Gasteiger partial charge in [0.1, 0.15) is 6.04 Å². The van der Waals surface area contributed by atoms with Crippen LogP contribution < -0.4 is 10.6 Å². The molecule has 7 nitrogen and oxygen atoms in total. The van der Waals surface area contributed by atoms with E-state index in [1.54, 1.807) is 6.08 Å². The SMILES string of the molecule is C/C(=C\C(NC(=O)C(NC(=O)C1CCCCN1C(C)C)C(C)C)C(C)C)C(=O)O. The number of likely N-dealkylation sites (tertiary alicyclic amines) is 1. The summed E-state index contributed by atoms with van der Waals surface area (Å²) in [5.41, 5.74) is 0.184. The molecule has 1 rings (SSSR count). The third kappa shape index (κ3) is 7.46. The van der Waals surface area contributed by atoms with Gasteiger partial charge in [0.2, 0.25) is 11.8 Å². The third-order valence-corrected chi connectivity index (χ3v) is 5.55. The summed E-state index contributed by atoms with van der Waals surface area (Å²) in [5.74, 6) is -1.47. The van der Waals surface area contributed by atoms with Crippen molar-refractivity contribution in [3.05, 3.63) is 11.6 Å². The molecule has 1 saturated heterocycles. The Kier molecular flexibility index (Phi) is 9.83. The van der Waals surface area contributed by atoms with Crippen LogP contribution in [0.25, 0.3) is 0 Å². The van der Waals surface area contributed by atoms with Crippen molar-refractivity contribution in [1.82, 2.24) is 15.5 Å². The number of piperidine rings is 1. The van der Waals surface area contributed by atoms with Gasteiger partial charge in [0.05, 0.1) is 12.1 Å². The van der Waals surface area contributed by atoms with Crippen LogP contribution in [0.4, 0.5) is 0 Å². The summed E-state index contributed by atoms with van der Waals surface area (Å²) in [5, 5.41) is 15.0. The minimum Gasteiger partial charge on any atom is -0.478 e. The summed E-state index contributed by atoms with van der Waals surface area (Å²) in [6, 6.07) is -1.03. The number of nitrogens with one attached hydrogen (secondary N) is 2. The average molecular weight is 410 g/mol. The number of amides is 2. The molecule has 0 spiro atoms. The molecule has 3 N–H and O–H groups in total. The smallest absolute Gasteiger partial charge is 0.331 e. The molecule has 1 aliphatic heterocycles. The molecule has 3 unspecified atom stereocenters. The molecule has 1 fully saturated rings. The summed E-state index contributed by atoms with van der Waals surface area (Å²) < 4.78 is 0. The molecule has 29 heavy (non-hydrogen) atoms. The Morgan fingerprint density at radius 3 is 2.10 bits per heavy atom. The van der Waals surface area contributed by atoms with Crippen molar-refractivity contribution in [3.8, 4) is 0 Å². The highest BCUT2D eigenvalue weighted by molar-refractivity contribution is 5.90. The second-order valence-electron chi connectivity index (χ2n) is 9.01. The van der Waals surface area contributed by atoms with Gasteiger partial charge in [-0.25, -0.2) is 4.79 Å². The van der Waals surface area contributed by atoms with Crippen LogP contribution in [0.3, 0.4) is 0 Å². The Labute approximate surface area is 175 Å². The van der Waals surface area contributed by atoms with Gasteiger partial charge in [-0.3, -0.25) is 14.5 Å². The molecule has 0 aliphatic carbocycles. The molecule has 0 saturated carbocycles. The number of rotatable bonds is 9. The normalized spacial score (nSPS) is 20.6. The van der Waals surface area contributed by atoms with E-state index in [1.165, 1.54) is 6.92 Å². The fourth-order valence-electron chi connectivity index (χ4n) is 3.63. The van der Waals surface area contributed by atoms with Crippen molar-refractivity contribution >= 4 is 17.8 Å². The largest absolute Gasteiger partial charge is 0.478 e. The van der Waals surface area contributed by atoms with Crippen LogP contribution in [0.2, 0.25) is 0 Å². The number of carbonyl (C=O) groups excluding carboxylic acids is 2. The molecule has 0 bridgehead atoms. The molecule has 1 aliphatic rings. The van der Waals surface area contributed by atoms with E-state index >= 15 is 0 Å². The molecule has 3 atom stereocenters. The first-order chi connectivity index (χ1) is 13.5. The number of nitrogens with zero attached hydrogens (tertiary/aromatic N) is 1. The van der Waals surface area contributed by atoms with E-state index in [-0.39, 0.29) is 41.3 Å². The van der Waals surface area contributed by atoms with Crippen molar-refractivity contribution in [3.63, 3.8) is 0 Å². The fraction of sp³-hybridized carbons (Fsp3) is 0.773. The second-order valence-corrected chi connectivity index (χ2v) is 9.01. The van der Waals surface area contributed by atoms with Crippen LogP contribution in [0.15, 0.2) is 11.6 Å². The van der Waals surface area contributed by atoms with E-state index in [2.05, 4.69) is 29.4 Å². The van der Waals surface area contributed by atoms with Crippen LogP contribution in [-0.4, -0.2) is 58.5 Å². The molecule has 0 radical (unpaired) electrons. The zero-order valence-electron chi connectivity index (χ0n) is 19.0. The van der Waals surface area contributed by atoms with Gasteiger partial charge in [-0.1, -0.05) is 40.2 Å². The lowest BCUT2D eigenvalue weighted by atomic mass is 9.96. The zero-order chi connectivity index (χ0) is 22.3. The standard InChI is InChI=1S/C22H39N3O4/c1-13(2)17(12-16(7)22(28)29)23-21(27)19(14(3)4)24-20(26)18-10-8-9-11-25(18)15(5)6/h12-15,17-19H,8-11H2,1-7H3,(H,23,27)(H,24,26)(H,28,29)/b16-12+. The summed E-state index contributed by atoms with van der Waals surface area (Å²) in [7, 11) is 0. The summed E-state index contributed by atoms with van der Waals surface area (Å²) in [6.45, 7) is 14.2. The highest BCUT2D eigenvalue weighted by atomic mass is 16.4. The lowest BCUT2D eigenvalue weighted by Gasteiger charge is -2.38. The predicted molar refractivity (Wildman–Crippen MR) is 114 cm³/mol. The number of hydrogen-bond acceptors (Lipinski definition) is 4. The predicted octanol–water partition coefficient (Wildman–Crippen LogP) is 2.56. The number of carboxylic acids is 1. The van der Waals surface area contributed by atoms with Crippen LogP contribution in [0.5, 0.6) is 0 Å². The van der Waals surface area contributed by atoms with Crippen LogP contribution >= 0.6 is 0 Å². The molecular weight excluding hydrogens is 370 g/mol. The first-order valence-electron chi connectivity index (χ1n) is 10.7. The van der Waals surface area contributed by atoms with Crippen LogP contribution in [-0.2, 0) is 14.4 Å². The van der Waals surface area contributed by atoms with E-state index < -0.39 is 18.1 Å². The maximum atomic E-state index is 13.0. The van der Waals surface area contributed by atoms with E-state index in [4.69, 9.17) is 5.11 Å². The van der Waals surface area contributed by atoms with Gasteiger partial charge in [0.15, 0.2) is 0 Å². The van der Waals surface area contributed by atoms with Gasteiger partial charge < -0.3 is 15.7 Å². The van der Waals surface area contributed by atoms with Crippen LogP contribution in [0.1, 0.15) is 67.7 Å². The number of carbonyl (C=O) groups is 3. The molecule has 1 heterocycles. The van der Waals surface area contributed by atoms with E-state index in [9.17, 15) is 14.4 Å². The topological polar surface area (TPSA) is 98.7 Å². The van der Waals surface area contributed by atoms with Gasteiger partial charge in [-0.05, 0) is 52.0 Å². The average Bonchev–Trinajstić information content (AvgIpc) is 2.64. The van der Waals surface area contributed by atoms with Crippen LogP contribution in [0, 0.1) is 11.8 Å². The lowest BCUT2D eigenvalue weighted by Crippen LogP contribution is -2.58. The first-order valence-corrected chi connectivity index (χ1v) is 10.7. The number of aliphatic carboxylic acids is 1. The Bertz CT molecular complexity index is 613. The van der Waals surface area contributed by atoms with E-state index in [0.717, 1.165) is 25.8 Å². The maximum absolute atomic E-state index is 13.0. The highest BCUT2D eigenvalue weighted by Crippen LogP contribution is 2.20. The van der Waals surface area contributed by atoms with Crippen molar-refractivity contribution in [2.24, 2.45) is 11.8 Å². The molecule has 0 aromatic rings. The highest BCUT2D eigenvalue weighted by Gasteiger charge is 2.34. The van der Waals surface area contributed by atoms with Gasteiger partial charge in [0.25, 0.3) is 0 Å². The molecule has 7 heteroatoms. The number of carboxylic acid groups (broad SMARTS) is 1. The first kappa shape index (κ1) is 25.1. The molecule has 0 aromatic carbocycles. The van der Waals surface area contributed by atoms with Crippen molar-refractivity contribution in [2.45, 2.75) is 91.9 Å². The Hall–Kier alpha value is -1.89. The summed E-state index contributed by atoms with van der Waals surface area (Å²) in [4.78, 5) is 39.3. The number of hydrogen-bond donors (Lipinski definition) is 3. The third-order valence-electron chi connectivity index (χ3n) is 5.55. The molecule has 0 aromatic heterocycles. The van der Waals surface area contributed by atoms with Crippen molar-refractivity contribution in [2.75, 3.05) is 6.54 Å². The maximum Gasteiger partial charge on any atom is 0.331 e. The Balaban J connectivity index is 2.92. The summed E-state index contributed by atoms with van der Waals surface area (Å²) >= 11 is 0. The fourth-order valence-corrected chi connectivity index (χ4v) is 3.63. The molecule has 2 amide bonds. The zero-order valence-corrected chi connectivity index (χ0v) is 19.0. The van der Waals surface area contributed by atoms with E-state index in [1.807, 2.05) is 27.7 Å². The molecule has 166 valence electrons. The van der Waals surface area contributed by atoms with Gasteiger partial charge in [0, 0.05) is 11.6 Å². The second kappa shape index (κ2) is 11.3. The molecular formula is C22H39N3O4.